The SMILES string of the molecule is CC1(C)C(NC(=O)COc2ccccc2N)C1(C)C. The van der Waals surface area contributed by atoms with E-state index in [0.29, 0.717) is 11.4 Å². The molecule has 0 radical (unpaired) electrons. The molecule has 1 aromatic rings. The predicted molar refractivity (Wildman–Crippen MR) is 75.8 cm³/mol. The van der Waals surface area contributed by atoms with E-state index in [0.717, 1.165) is 0 Å². The third kappa shape index (κ3) is 2.39. The van der Waals surface area contributed by atoms with Gasteiger partial charge in [-0.3, -0.25) is 4.79 Å². The minimum atomic E-state index is -0.105. The van der Waals surface area contributed by atoms with E-state index in [-0.39, 0.29) is 29.4 Å². The maximum Gasteiger partial charge on any atom is 0.258 e. The summed E-state index contributed by atoms with van der Waals surface area (Å²) in [5.41, 5.74) is 6.56. The zero-order chi connectivity index (χ0) is 14.3. The summed E-state index contributed by atoms with van der Waals surface area (Å²) in [6, 6.07) is 7.37. The Bertz CT molecular complexity index is 481. The van der Waals surface area contributed by atoms with Crippen molar-refractivity contribution in [3.05, 3.63) is 24.3 Å². The Morgan fingerprint density at radius 2 is 1.84 bits per heavy atom. The van der Waals surface area contributed by atoms with Crippen molar-refractivity contribution in [2.75, 3.05) is 12.3 Å². The minimum Gasteiger partial charge on any atom is -0.482 e. The van der Waals surface area contributed by atoms with E-state index in [9.17, 15) is 4.79 Å². The van der Waals surface area contributed by atoms with Crippen LogP contribution in [0.5, 0.6) is 5.75 Å². The van der Waals surface area contributed by atoms with E-state index in [2.05, 4.69) is 33.0 Å². The van der Waals surface area contributed by atoms with Crippen molar-refractivity contribution in [2.45, 2.75) is 33.7 Å². The maximum atomic E-state index is 11.9. The van der Waals surface area contributed by atoms with Gasteiger partial charge in [0.25, 0.3) is 5.91 Å². The Hall–Kier alpha value is -1.71. The standard InChI is InChI=1S/C15H22N2O2/c1-14(2)13(15(14,3)4)17-12(18)9-19-11-8-6-5-7-10(11)16/h5-8,13H,9,16H2,1-4H3,(H,17,18). The van der Waals surface area contributed by atoms with Crippen molar-refractivity contribution < 1.29 is 9.53 Å². The van der Waals surface area contributed by atoms with Gasteiger partial charge in [-0.1, -0.05) is 39.8 Å². The van der Waals surface area contributed by atoms with Gasteiger partial charge in [0, 0.05) is 6.04 Å². The number of ether oxygens (including phenoxy) is 1. The first-order valence-electron chi connectivity index (χ1n) is 6.53. The lowest BCUT2D eigenvalue weighted by Gasteiger charge is -2.10. The lowest BCUT2D eigenvalue weighted by molar-refractivity contribution is -0.123. The van der Waals surface area contributed by atoms with Gasteiger partial charge in [-0.25, -0.2) is 0 Å². The quantitative estimate of drug-likeness (QED) is 0.818. The van der Waals surface area contributed by atoms with Crippen LogP contribution in [0, 0.1) is 10.8 Å². The number of hydrogen-bond acceptors (Lipinski definition) is 3. The van der Waals surface area contributed by atoms with Crippen LogP contribution < -0.4 is 15.8 Å². The van der Waals surface area contributed by atoms with E-state index in [1.54, 1.807) is 12.1 Å². The number of para-hydroxylation sites is 2. The molecule has 1 fully saturated rings. The molecule has 1 aliphatic rings. The molecule has 0 unspecified atom stereocenters. The first-order valence-corrected chi connectivity index (χ1v) is 6.53. The van der Waals surface area contributed by atoms with Crippen LogP contribution in [-0.2, 0) is 4.79 Å². The molecule has 0 heterocycles. The van der Waals surface area contributed by atoms with Crippen LogP contribution in [0.2, 0.25) is 0 Å². The lowest BCUT2D eigenvalue weighted by atomic mass is 10.0. The molecule has 0 atom stereocenters. The summed E-state index contributed by atoms with van der Waals surface area (Å²) >= 11 is 0. The van der Waals surface area contributed by atoms with Gasteiger partial charge in [0.1, 0.15) is 5.75 Å². The fourth-order valence-corrected chi connectivity index (χ4v) is 2.52. The number of rotatable bonds is 4. The normalized spacial score (nSPS) is 19.8. The molecule has 1 aliphatic carbocycles. The Kier molecular flexibility index (Phi) is 3.20. The van der Waals surface area contributed by atoms with Crippen molar-refractivity contribution >= 4 is 11.6 Å². The van der Waals surface area contributed by atoms with Crippen LogP contribution >= 0.6 is 0 Å². The summed E-state index contributed by atoms with van der Waals surface area (Å²) in [4.78, 5) is 11.9. The molecular weight excluding hydrogens is 240 g/mol. The van der Waals surface area contributed by atoms with E-state index in [1.165, 1.54) is 0 Å². The lowest BCUT2D eigenvalue weighted by Crippen LogP contribution is -2.33. The summed E-state index contributed by atoms with van der Waals surface area (Å²) in [5.74, 6) is 0.443. The Balaban J connectivity index is 1.86. The summed E-state index contributed by atoms with van der Waals surface area (Å²) in [6.07, 6.45) is 0. The second-order valence-corrected chi connectivity index (χ2v) is 6.27. The summed E-state index contributed by atoms with van der Waals surface area (Å²) in [6.45, 7) is 8.64. The molecule has 0 aliphatic heterocycles. The third-order valence-corrected chi connectivity index (χ3v) is 4.60. The van der Waals surface area contributed by atoms with Crippen LogP contribution in [0.4, 0.5) is 5.69 Å². The number of benzene rings is 1. The number of nitrogens with one attached hydrogen (secondary N) is 1. The van der Waals surface area contributed by atoms with E-state index in [1.807, 2.05) is 12.1 Å². The molecule has 4 heteroatoms. The summed E-state index contributed by atoms with van der Waals surface area (Å²) in [7, 11) is 0. The molecule has 4 nitrogen and oxygen atoms in total. The largest absolute Gasteiger partial charge is 0.482 e. The zero-order valence-corrected chi connectivity index (χ0v) is 12.0. The highest BCUT2D eigenvalue weighted by molar-refractivity contribution is 5.79. The van der Waals surface area contributed by atoms with Crippen LogP contribution in [-0.4, -0.2) is 18.6 Å². The zero-order valence-electron chi connectivity index (χ0n) is 12.0. The van der Waals surface area contributed by atoms with Crippen molar-refractivity contribution in [3.63, 3.8) is 0 Å². The molecule has 19 heavy (non-hydrogen) atoms. The predicted octanol–water partition coefficient (Wildman–Crippen LogP) is 2.20. The Labute approximate surface area is 114 Å². The van der Waals surface area contributed by atoms with Crippen LogP contribution in [0.15, 0.2) is 24.3 Å². The number of carbonyl (C=O) groups is 1. The second kappa shape index (κ2) is 4.44. The van der Waals surface area contributed by atoms with Gasteiger partial charge in [0.2, 0.25) is 0 Å². The van der Waals surface area contributed by atoms with E-state index >= 15 is 0 Å². The fourth-order valence-electron chi connectivity index (χ4n) is 2.52. The molecule has 2 rings (SSSR count). The van der Waals surface area contributed by atoms with Crippen molar-refractivity contribution in [1.29, 1.82) is 0 Å². The highest BCUT2D eigenvalue weighted by atomic mass is 16.5. The topological polar surface area (TPSA) is 64.3 Å². The van der Waals surface area contributed by atoms with Gasteiger partial charge >= 0.3 is 0 Å². The smallest absolute Gasteiger partial charge is 0.258 e. The van der Waals surface area contributed by atoms with E-state index < -0.39 is 0 Å². The third-order valence-electron chi connectivity index (χ3n) is 4.60. The second-order valence-electron chi connectivity index (χ2n) is 6.27. The van der Waals surface area contributed by atoms with Crippen molar-refractivity contribution in [1.82, 2.24) is 5.32 Å². The molecular formula is C15H22N2O2. The van der Waals surface area contributed by atoms with Gasteiger partial charge in [-0.05, 0) is 23.0 Å². The first-order chi connectivity index (χ1) is 8.76. The molecule has 0 aromatic heterocycles. The number of amides is 1. The summed E-state index contributed by atoms with van der Waals surface area (Å²) in [5, 5.41) is 3.02. The monoisotopic (exact) mass is 262 g/mol. The molecule has 0 bridgehead atoms. The molecule has 3 N–H and O–H groups in total. The van der Waals surface area contributed by atoms with Gasteiger partial charge in [0.15, 0.2) is 6.61 Å². The van der Waals surface area contributed by atoms with Gasteiger partial charge in [-0.15, -0.1) is 0 Å². The number of nitrogens with two attached hydrogens (primary N) is 1. The van der Waals surface area contributed by atoms with Gasteiger partial charge < -0.3 is 15.8 Å². The number of anilines is 1. The number of carbonyl (C=O) groups excluding carboxylic acids is 1. The number of nitrogen functional groups attached to an aromatic ring is 1. The van der Waals surface area contributed by atoms with Crippen molar-refractivity contribution in [3.8, 4) is 5.75 Å². The van der Waals surface area contributed by atoms with Crippen molar-refractivity contribution in [2.24, 2.45) is 10.8 Å². The minimum absolute atomic E-state index is 0.00310. The molecule has 0 saturated heterocycles. The average Bonchev–Trinajstić information content (AvgIpc) is 2.71. The summed E-state index contributed by atoms with van der Waals surface area (Å²) < 4.78 is 5.43. The molecule has 1 saturated carbocycles. The highest BCUT2D eigenvalue weighted by Gasteiger charge is 2.65. The Morgan fingerprint density at radius 3 is 2.37 bits per heavy atom. The van der Waals surface area contributed by atoms with Crippen LogP contribution in [0.25, 0.3) is 0 Å². The van der Waals surface area contributed by atoms with Gasteiger partial charge in [0.05, 0.1) is 5.69 Å². The average molecular weight is 262 g/mol. The molecule has 1 aromatic carbocycles. The molecule has 104 valence electrons. The molecule has 1 amide bonds. The number of hydrogen-bond donors (Lipinski definition) is 2. The molecule has 0 spiro atoms. The first kappa shape index (κ1) is 13.7. The maximum absolute atomic E-state index is 11.9. The Morgan fingerprint density at radius 1 is 1.26 bits per heavy atom. The van der Waals surface area contributed by atoms with Crippen LogP contribution in [0.1, 0.15) is 27.7 Å². The highest BCUT2D eigenvalue weighted by Crippen LogP contribution is 2.62. The fraction of sp³-hybridized carbons (Fsp3) is 0.533. The van der Waals surface area contributed by atoms with E-state index in [4.69, 9.17) is 10.5 Å². The van der Waals surface area contributed by atoms with Crippen LogP contribution in [0.3, 0.4) is 0 Å². The van der Waals surface area contributed by atoms with Gasteiger partial charge in [-0.2, -0.15) is 0 Å².